The minimum absolute atomic E-state index is 0.190. The third kappa shape index (κ3) is 1.37. The Balaban J connectivity index is 2.40. The first-order valence-corrected chi connectivity index (χ1v) is 4.50. The zero-order valence-corrected chi connectivity index (χ0v) is 7.59. The van der Waals surface area contributed by atoms with Gasteiger partial charge in [-0.05, 0) is 18.1 Å². The van der Waals surface area contributed by atoms with Crippen molar-refractivity contribution in [1.82, 2.24) is 0 Å². The van der Waals surface area contributed by atoms with Crippen LogP contribution in [-0.4, -0.2) is 12.5 Å². The van der Waals surface area contributed by atoms with Gasteiger partial charge in [-0.3, -0.25) is 4.79 Å². The minimum Gasteiger partial charge on any atom is -0.330 e. The van der Waals surface area contributed by atoms with Gasteiger partial charge in [-0.1, -0.05) is 12.1 Å². The van der Waals surface area contributed by atoms with E-state index in [2.05, 4.69) is 5.32 Å². The Bertz CT molecular complexity index is 378. The second-order valence-electron chi connectivity index (χ2n) is 3.40. The van der Waals surface area contributed by atoms with Gasteiger partial charge in [0, 0.05) is 6.54 Å². The third-order valence-corrected chi connectivity index (χ3v) is 2.47. The minimum atomic E-state index is -0.383. The largest absolute Gasteiger partial charge is 0.330 e. The van der Waals surface area contributed by atoms with Crippen LogP contribution in [0.1, 0.15) is 5.56 Å². The van der Waals surface area contributed by atoms with Gasteiger partial charge >= 0.3 is 0 Å². The highest BCUT2D eigenvalue weighted by molar-refractivity contribution is 5.96. The molecule has 0 aromatic heterocycles. The summed E-state index contributed by atoms with van der Waals surface area (Å²) >= 11 is 0. The van der Waals surface area contributed by atoms with E-state index in [0.29, 0.717) is 18.7 Å². The van der Waals surface area contributed by atoms with Crippen LogP contribution in [0.3, 0.4) is 0 Å². The molecule has 0 radical (unpaired) electrons. The van der Waals surface area contributed by atoms with Gasteiger partial charge in [0.25, 0.3) is 0 Å². The number of nitrogens with two attached hydrogens (primary N) is 1. The Morgan fingerprint density at radius 1 is 1.57 bits per heavy atom. The lowest BCUT2D eigenvalue weighted by Gasteiger charge is -2.23. The number of benzene rings is 1. The number of amides is 1. The molecule has 14 heavy (non-hydrogen) atoms. The van der Waals surface area contributed by atoms with E-state index in [1.54, 1.807) is 12.1 Å². The second kappa shape index (κ2) is 3.38. The van der Waals surface area contributed by atoms with Gasteiger partial charge in [-0.25, -0.2) is 4.39 Å². The molecule has 0 aliphatic carbocycles. The molecule has 1 aliphatic heterocycles. The maximum absolute atomic E-state index is 13.2. The molecule has 3 nitrogen and oxygen atoms in total. The van der Waals surface area contributed by atoms with Gasteiger partial charge in [0.05, 0.1) is 11.6 Å². The predicted molar refractivity (Wildman–Crippen MR) is 51.3 cm³/mol. The number of nitrogens with one attached hydrogen (secondary N) is 1. The molecule has 0 fully saturated rings. The Hall–Kier alpha value is -1.42. The van der Waals surface area contributed by atoms with E-state index in [1.165, 1.54) is 6.07 Å². The first-order valence-electron chi connectivity index (χ1n) is 4.50. The zero-order chi connectivity index (χ0) is 10.1. The lowest BCUT2D eigenvalue weighted by molar-refractivity contribution is -0.119. The van der Waals surface area contributed by atoms with Crippen molar-refractivity contribution in [2.75, 3.05) is 11.9 Å². The Labute approximate surface area is 81.1 Å². The number of carbonyl (C=O) groups is 1. The molecular weight excluding hydrogens is 183 g/mol. The van der Waals surface area contributed by atoms with Crippen LogP contribution in [0.4, 0.5) is 10.1 Å². The van der Waals surface area contributed by atoms with Crippen molar-refractivity contribution in [2.45, 2.75) is 6.42 Å². The molecule has 74 valence electrons. The van der Waals surface area contributed by atoms with Crippen molar-refractivity contribution in [3.8, 4) is 0 Å². The smallest absolute Gasteiger partial charge is 0.229 e. The second-order valence-corrected chi connectivity index (χ2v) is 3.40. The first-order chi connectivity index (χ1) is 6.72. The van der Waals surface area contributed by atoms with Crippen LogP contribution in [0.15, 0.2) is 18.2 Å². The molecule has 3 N–H and O–H groups in total. The van der Waals surface area contributed by atoms with Gasteiger partial charge in [-0.2, -0.15) is 0 Å². The lowest BCUT2D eigenvalue weighted by Crippen LogP contribution is -2.35. The molecule has 1 atom stereocenters. The normalized spacial score (nSPS) is 20.1. The van der Waals surface area contributed by atoms with Crippen LogP contribution < -0.4 is 11.1 Å². The monoisotopic (exact) mass is 194 g/mol. The molecule has 1 aliphatic rings. The van der Waals surface area contributed by atoms with E-state index in [4.69, 9.17) is 5.73 Å². The van der Waals surface area contributed by atoms with Crippen molar-refractivity contribution < 1.29 is 9.18 Å². The fourth-order valence-electron chi connectivity index (χ4n) is 1.65. The number of carbonyl (C=O) groups excluding carboxylic acids is 1. The fraction of sp³-hybridized carbons (Fsp3) is 0.300. The van der Waals surface area contributed by atoms with E-state index in [0.717, 1.165) is 5.56 Å². The fourth-order valence-corrected chi connectivity index (χ4v) is 1.65. The van der Waals surface area contributed by atoms with Gasteiger partial charge < -0.3 is 11.1 Å². The van der Waals surface area contributed by atoms with Crippen LogP contribution in [0, 0.1) is 11.7 Å². The summed E-state index contributed by atoms with van der Waals surface area (Å²) in [6, 6.07) is 4.78. The standard InChI is InChI=1S/C10H11FN2O/c11-8-3-1-2-6-4-7(5-12)10(14)13-9(6)8/h1-3,7H,4-5,12H2,(H,13,14). The molecule has 0 bridgehead atoms. The van der Waals surface area contributed by atoms with Crippen molar-refractivity contribution in [3.63, 3.8) is 0 Å². The molecular formula is C10H11FN2O. The SMILES string of the molecule is NCC1Cc2cccc(F)c2NC1=O. The molecule has 0 saturated carbocycles. The third-order valence-electron chi connectivity index (χ3n) is 2.47. The summed E-state index contributed by atoms with van der Waals surface area (Å²) in [5.41, 5.74) is 6.56. The maximum Gasteiger partial charge on any atom is 0.229 e. The molecule has 1 aromatic rings. The Morgan fingerprint density at radius 3 is 3.07 bits per heavy atom. The summed E-state index contributed by atoms with van der Waals surface area (Å²) in [6.45, 7) is 0.293. The highest BCUT2D eigenvalue weighted by Crippen LogP contribution is 2.27. The van der Waals surface area contributed by atoms with E-state index in [1.807, 2.05) is 0 Å². The quantitative estimate of drug-likeness (QED) is 0.697. The lowest BCUT2D eigenvalue weighted by atomic mass is 9.93. The van der Waals surface area contributed by atoms with E-state index >= 15 is 0 Å². The van der Waals surface area contributed by atoms with Crippen LogP contribution in [-0.2, 0) is 11.2 Å². The number of anilines is 1. The average molecular weight is 194 g/mol. The van der Waals surface area contributed by atoms with Gasteiger partial charge in [0.15, 0.2) is 0 Å². The molecule has 0 spiro atoms. The van der Waals surface area contributed by atoms with Crippen molar-refractivity contribution in [1.29, 1.82) is 0 Å². The molecule has 4 heteroatoms. The molecule has 2 rings (SSSR count). The number of halogens is 1. The first kappa shape index (κ1) is 9.15. The average Bonchev–Trinajstić information content (AvgIpc) is 2.19. The van der Waals surface area contributed by atoms with Crippen molar-refractivity contribution in [3.05, 3.63) is 29.6 Å². The maximum atomic E-state index is 13.2. The molecule has 0 saturated heterocycles. The summed E-state index contributed by atoms with van der Waals surface area (Å²) in [7, 11) is 0. The van der Waals surface area contributed by atoms with E-state index in [-0.39, 0.29) is 17.6 Å². The Morgan fingerprint density at radius 2 is 2.36 bits per heavy atom. The summed E-state index contributed by atoms with van der Waals surface area (Å²) in [5.74, 6) is -0.805. The number of rotatable bonds is 1. The summed E-state index contributed by atoms with van der Waals surface area (Å²) in [6.07, 6.45) is 0.523. The van der Waals surface area contributed by atoms with E-state index < -0.39 is 0 Å². The van der Waals surface area contributed by atoms with Crippen LogP contribution in [0.25, 0.3) is 0 Å². The van der Waals surface area contributed by atoms with Crippen molar-refractivity contribution in [2.24, 2.45) is 11.7 Å². The predicted octanol–water partition coefficient (Wildman–Crippen LogP) is 0.895. The molecule has 1 amide bonds. The number of hydrogen-bond acceptors (Lipinski definition) is 2. The number of hydrogen-bond donors (Lipinski definition) is 2. The van der Waals surface area contributed by atoms with Gasteiger partial charge in [-0.15, -0.1) is 0 Å². The van der Waals surface area contributed by atoms with Crippen LogP contribution >= 0.6 is 0 Å². The molecule has 1 heterocycles. The van der Waals surface area contributed by atoms with Crippen molar-refractivity contribution >= 4 is 11.6 Å². The zero-order valence-electron chi connectivity index (χ0n) is 7.59. The highest BCUT2D eigenvalue weighted by atomic mass is 19.1. The van der Waals surface area contributed by atoms with Gasteiger partial charge in [0.1, 0.15) is 5.82 Å². The summed E-state index contributed by atoms with van der Waals surface area (Å²) in [4.78, 5) is 11.4. The Kier molecular flexibility index (Phi) is 2.21. The highest BCUT2D eigenvalue weighted by Gasteiger charge is 2.26. The van der Waals surface area contributed by atoms with Gasteiger partial charge in [0.2, 0.25) is 5.91 Å². The molecule has 1 aromatic carbocycles. The van der Waals surface area contributed by atoms with Crippen LogP contribution in [0.5, 0.6) is 0 Å². The summed E-state index contributed by atoms with van der Waals surface area (Å²) < 4.78 is 13.2. The summed E-state index contributed by atoms with van der Waals surface area (Å²) in [5, 5.41) is 2.54. The number of fused-ring (bicyclic) bond motifs is 1. The van der Waals surface area contributed by atoms with Crippen LogP contribution in [0.2, 0.25) is 0 Å². The topological polar surface area (TPSA) is 55.1 Å². The molecule has 1 unspecified atom stereocenters. The number of para-hydroxylation sites is 1. The van der Waals surface area contributed by atoms with E-state index in [9.17, 15) is 9.18 Å².